The minimum Gasteiger partial charge on any atom is -0.486 e. The standard InChI is InChI=1S/C22H27N3O3S/c1-14-12-29-21(23-14)24-20(26)11-25-13-22(5-3-4-6-22)17-10-19-18(27-7-8-28-19)9-16(17)15(25)2/h9-10,12,15H,3-8,11,13H2,1-2H3,(H,23,24,26). The van der Waals surface area contributed by atoms with E-state index >= 15 is 0 Å². The summed E-state index contributed by atoms with van der Waals surface area (Å²) in [6.07, 6.45) is 4.80. The number of fused-ring (bicyclic) bond motifs is 3. The first-order valence-corrected chi connectivity index (χ1v) is 11.3. The number of nitrogens with zero attached hydrogens (tertiary/aromatic N) is 2. The molecule has 0 radical (unpaired) electrons. The zero-order valence-electron chi connectivity index (χ0n) is 17.0. The van der Waals surface area contributed by atoms with E-state index in [9.17, 15) is 4.79 Å². The van der Waals surface area contributed by atoms with Gasteiger partial charge in [-0.2, -0.15) is 0 Å². The van der Waals surface area contributed by atoms with E-state index in [2.05, 4.69) is 34.3 Å². The van der Waals surface area contributed by atoms with Crippen molar-refractivity contribution >= 4 is 22.4 Å². The highest BCUT2D eigenvalue weighted by Crippen LogP contribution is 2.51. The summed E-state index contributed by atoms with van der Waals surface area (Å²) in [5.74, 6) is 1.71. The Morgan fingerprint density at radius 2 is 2.00 bits per heavy atom. The molecule has 1 spiro atoms. The number of nitrogens with one attached hydrogen (secondary N) is 1. The minimum atomic E-state index is 0.000315. The first kappa shape index (κ1) is 18.9. The molecule has 0 bridgehead atoms. The molecule has 1 saturated carbocycles. The molecule has 3 aliphatic rings. The maximum atomic E-state index is 12.8. The number of ether oxygens (including phenoxy) is 2. The quantitative estimate of drug-likeness (QED) is 0.822. The lowest BCUT2D eigenvalue weighted by molar-refractivity contribution is -0.118. The van der Waals surface area contributed by atoms with Gasteiger partial charge in [-0.3, -0.25) is 9.69 Å². The largest absolute Gasteiger partial charge is 0.486 e. The Morgan fingerprint density at radius 1 is 1.28 bits per heavy atom. The first-order valence-electron chi connectivity index (χ1n) is 10.4. The average Bonchev–Trinajstić information content (AvgIpc) is 3.34. The third kappa shape index (κ3) is 3.40. The Labute approximate surface area is 175 Å². The van der Waals surface area contributed by atoms with Crippen molar-refractivity contribution in [1.29, 1.82) is 0 Å². The molecule has 1 amide bonds. The molecule has 1 atom stereocenters. The summed E-state index contributed by atoms with van der Waals surface area (Å²) >= 11 is 1.47. The van der Waals surface area contributed by atoms with Crippen molar-refractivity contribution in [3.63, 3.8) is 0 Å². The Morgan fingerprint density at radius 3 is 2.69 bits per heavy atom. The Balaban J connectivity index is 1.44. The monoisotopic (exact) mass is 413 g/mol. The van der Waals surface area contributed by atoms with Gasteiger partial charge in [0.2, 0.25) is 5.91 Å². The third-order valence-corrected chi connectivity index (χ3v) is 7.44. The molecule has 1 fully saturated rings. The highest BCUT2D eigenvalue weighted by Gasteiger charge is 2.45. The zero-order valence-corrected chi connectivity index (χ0v) is 17.8. The summed E-state index contributed by atoms with van der Waals surface area (Å²) in [5, 5.41) is 5.59. The second kappa shape index (κ2) is 7.29. The van der Waals surface area contributed by atoms with E-state index in [1.807, 2.05) is 12.3 Å². The predicted molar refractivity (Wildman–Crippen MR) is 113 cm³/mol. The molecule has 154 valence electrons. The van der Waals surface area contributed by atoms with Crippen molar-refractivity contribution in [1.82, 2.24) is 9.88 Å². The molecule has 1 aliphatic carbocycles. The normalized spacial score (nSPS) is 22.5. The van der Waals surface area contributed by atoms with Gasteiger partial charge in [0.15, 0.2) is 16.6 Å². The van der Waals surface area contributed by atoms with Crippen LogP contribution in [0.2, 0.25) is 0 Å². The fourth-order valence-electron chi connectivity index (χ4n) is 5.14. The number of amides is 1. The number of aromatic nitrogens is 1. The topological polar surface area (TPSA) is 63.7 Å². The van der Waals surface area contributed by atoms with E-state index < -0.39 is 0 Å². The van der Waals surface area contributed by atoms with Crippen LogP contribution in [0.1, 0.15) is 55.5 Å². The molecule has 7 heteroatoms. The van der Waals surface area contributed by atoms with Crippen LogP contribution in [0.5, 0.6) is 11.5 Å². The summed E-state index contributed by atoms with van der Waals surface area (Å²) in [7, 11) is 0. The number of benzene rings is 1. The van der Waals surface area contributed by atoms with Gasteiger partial charge in [0.25, 0.3) is 0 Å². The highest BCUT2D eigenvalue weighted by atomic mass is 32.1. The molecule has 2 aliphatic heterocycles. The second-order valence-electron chi connectivity index (χ2n) is 8.49. The van der Waals surface area contributed by atoms with Gasteiger partial charge in [0, 0.05) is 23.4 Å². The van der Waals surface area contributed by atoms with Crippen LogP contribution in [0, 0.1) is 6.92 Å². The number of anilines is 1. The molecule has 2 aromatic rings. The molecular formula is C22H27N3O3S. The smallest absolute Gasteiger partial charge is 0.240 e. The molecular weight excluding hydrogens is 386 g/mol. The number of hydrogen-bond acceptors (Lipinski definition) is 6. The molecule has 29 heavy (non-hydrogen) atoms. The Bertz CT molecular complexity index is 935. The van der Waals surface area contributed by atoms with Crippen LogP contribution in [-0.2, 0) is 10.2 Å². The van der Waals surface area contributed by atoms with Crippen LogP contribution >= 0.6 is 11.3 Å². The minimum absolute atomic E-state index is 0.000315. The number of carbonyl (C=O) groups is 1. The van der Waals surface area contributed by atoms with Gasteiger partial charge in [-0.1, -0.05) is 12.8 Å². The third-order valence-electron chi connectivity index (χ3n) is 6.56. The summed E-state index contributed by atoms with van der Waals surface area (Å²) in [4.78, 5) is 19.4. The maximum Gasteiger partial charge on any atom is 0.240 e. The van der Waals surface area contributed by atoms with Gasteiger partial charge in [-0.05, 0) is 49.9 Å². The van der Waals surface area contributed by atoms with E-state index in [-0.39, 0.29) is 17.4 Å². The van der Waals surface area contributed by atoms with Crippen LogP contribution < -0.4 is 14.8 Å². The molecule has 3 heterocycles. The first-order chi connectivity index (χ1) is 14.0. The van der Waals surface area contributed by atoms with E-state index in [1.54, 1.807) is 0 Å². The molecule has 1 aromatic carbocycles. The van der Waals surface area contributed by atoms with Gasteiger partial charge in [0.05, 0.1) is 12.2 Å². The molecule has 6 nitrogen and oxygen atoms in total. The molecule has 1 aromatic heterocycles. The van der Waals surface area contributed by atoms with Gasteiger partial charge in [0.1, 0.15) is 13.2 Å². The van der Waals surface area contributed by atoms with Gasteiger partial charge in [-0.25, -0.2) is 4.98 Å². The Kier molecular flexibility index (Phi) is 4.75. The van der Waals surface area contributed by atoms with Crippen LogP contribution in [0.3, 0.4) is 0 Å². The number of aryl methyl sites for hydroxylation is 1. The van der Waals surface area contributed by atoms with Crippen molar-refractivity contribution in [2.45, 2.75) is 51.0 Å². The zero-order chi connectivity index (χ0) is 20.0. The summed E-state index contributed by atoms with van der Waals surface area (Å²) < 4.78 is 11.7. The van der Waals surface area contributed by atoms with Gasteiger partial charge in [-0.15, -0.1) is 11.3 Å². The van der Waals surface area contributed by atoms with Crippen LogP contribution in [-0.4, -0.2) is 42.1 Å². The lowest BCUT2D eigenvalue weighted by Gasteiger charge is -2.46. The van der Waals surface area contributed by atoms with E-state index in [1.165, 1.54) is 35.3 Å². The fourth-order valence-corrected chi connectivity index (χ4v) is 5.85. The highest BCUT2D eigenvalue weighted by molar-refractivity contribution is 7.13. The fraction of sp³-hybridized carbons (Fsp3) is 0.545. The number of carbonyl (C=O) groups excluding carboxylic acids is 1. The van der Waals surface area contributed by atoms with Gasteiger partial charge >= 0.3 is 0 Å². The molecule has 1 unspecified atom stereocenters. The van der Waals surface area contributed by atoms with Crippen molar-refractivity contribution < 1.29 is 14.3 Å². The van der Waals surface area contributed by atoms with E-state index in [4.69, 9.17) is 9.47 Å². The molecule has 5 rings (SSSR count). The summed E-state index contributed by atoms with van der Waals surface area (Å²) in [5.41, 5.74) is 3.72. The lowest BCUT2D eigenvalue weighted by atomic mass is 9.71. The molecule has 1 N–H and O–H groups in total. The van der Waals surface area contributed by atoms with Crippen LogP contribution in [0.4, 0.5) is 5.13 Å². The summed E-state index contributed by atoms with van der Waals surface area (Å²) in [6, 6.07) is 4.53. The van der Waals surface area contributed by atoms with E-state index in [0.717, 1.165) is 36.6 Å². The van der Waals surface area contributed by atoms with E-state index in [0.29, 0.717) is 24.9 Å². The number of rotatable bonds is 3. The number of thiazole rings is 1. The average molecular weight is 414 g/mol. The molecule has 0 saturated heterocycles. The predicted octanol–water partition coefficient (Wildman–Crippen LogP) is 4.05. The van der Waals surface area contributed by atoms with Crippen molar-refractivity contribution in [3.05, 3.63) is 34.3 Å². The Hall–Kier alpha value is -2.12. The van der Waals surface area contributed by atoms with Crippen molar-refractivity contribution in [2.75, 3.05) is 31.6 Å². The summed E-state index contributed by atoms with van der Waals surface area (Å²) in [6.45, 7) is 6.60. The maximum absolute atomic E-state index is 12.8. The van der Waals surface area contributed by atoms with Crippen molar-refractivity contribution in [3.8, 4) is 11.5 Å². The lowest BCUT2D eigenvalue weighted by Crippen LogP contribution is -2.48. The SMILES string of the molecule is Cc1csc(NC(=O)CN2CC3(CCCC3)c3cc4c(cc3C2C)OCCO4)n1. The van der Waals surface area contributed by atoms with Gasteiger partial charge < -0.3 is 14.8 Å². The second-order valence-corrected chi connectivity index (χ2v) is 9.35. The number of hydrogen-bond donors (Lipinski definition) is 1. The van der Waals surface area contributed by atoms with Crippen molar-refractivity contribution in [2.24, 2.45) is 0 Å². The van der Waals surface area contributed by atoms with Crippen LogP contribution in [0.15, 0.2) is 17.5 Å². The van der Waals surface area contributed by atoms with Crippen LogP contribution in [0.25, 0.3) is 0 Å².